The molecule has 0 saturated carbocycles. The summed E-state index contributed by atoms with van der Waals surface area (Å²) in [6, 6.07) is 6.52. The van der Waals surface area contributed by atoms with Crippen molar-refractivity contribution in [2.75, 3.05) is 20.3 Å². The molecule has 3 nitrogen and oxygen atoms in total. The van der Waals surface area contributed by atoms with E-state index in [1.807, 2.05) is 6.07 Å². The van der Waals surface area contributed by atoms with Crippen LogP contribution in [0.25, 0.3) is 0 Å². The van der Waals surface area contributed by atoms with Crippen LogP contribution in [0.1, 0.15) is 16.7 Å². The van der Waals surface area contributed by atoms with Crippen molar-refractivity contribution in [3.05, 3.63) is 28.8 Å². The predicted octanol–water partition coefficient (Wildman–Crippen LogP) is 2.39. The number of hydrogen-bond acceptors (Lipinski definition) is 3. The Morgan fingerprint density at radius 1 is 1.35 bits per heavy atom. The van der Waals surface area contributed by atoms with Crippen LogP contribution >= 0.6 is 0 Å². The molecule has 0 amide bonds. The number of hydrogen-bond donors (Lipinski definition) is 0. The van der Waals surface area contributed by atoms with Gasteiger partial charge in [-0.3, -0.25) is 0 Å². The van der Waals surface area contributed by atoms with Crippen LogP contribution in [-0.2, 0) is 11.2 Å². The van der Waals surface area contributed by atoms with Gasteiger partial charge in [-0.15, -0.1) is 0 Å². The van der Waals surface area contributed by atoms with Gasteiger partial charge in [-0.25, -0.2) is 0 Å². The second-order valence-corrected chi connectivity index (χ2v) is 4.81. The minimum Gasteiger partial charge on any atom is -0.496 e. The van der Waals surface area contributed by atoms with Gasteiger partial charge in [0.25, 0.3) is 0 Å². The van der Waals surface area contributed by atoms with Gasteiger partial charge >= 0.3 is 0 Å². The predicted molar refractivity (Wildman–Crippen MR) is 65.0 cm³/mol. The van der Waals surface area contributed by atoms with Crippen LogP contribution in [0, 0.1) is 30.6 Å². The molecule has 2 rings (SSSR count). The first kappa shape index (κ1) is 11.9. The van der Waals surface area contributed by atoms with E-state index in [1.54, 1.807) is 7.11 Å². The van der Waals surface area contributed by atoms with Crippen LogP contribution in [0.3, 0.4) is 0 Å². The summed E-state index contributed by atoms with van der Waals surface area (Å²) in [5.41, 5.74) is 3.19. The van der Waals surface area contributed by atoms with Crippen LogP contribution in [0.15, 0.2) is 12.1 Å². The Bertz CT molecular complexity index is 470. The Morgan fingerprint density at radius 3 is 2.47 bits per heavy atom. The van der Waals surface area contributed by atoms with E-state index in [0.717, 1.165) is 11.3 Å². The molecule has 17 heavy (non-hydrogen) atoms. The van der Waals surface area contributed by atoms with E-state index in [4.69, 9.17) is 9.47 Å². The molecule has 0 aromatic heterocycles. The number of ether oxygens (including phenoxy) is 2. The fraction of sp³-hybridized carbons (Fsp3) is 0.500. The molecule has 0 atom stereocenters. The Hall–Kier alpha value is -1.53. The molecule has 1 aromatic carbocycles. The van der Waals surface area contributed by atoms with Crippen molar-refractivity contribution in [1.82, 2.24) is 0 Å². The van der Waals surface area contributed by atoms with Gasteiger partial charge in [-0.05, 0) is 43.0 Å². The maximum Gasteiger partial charge on any atom is 0.122 e. The van der Waals surface area contributed by atoms with Gasteiger partial charge in [-0.2, -0.15) is 5.26 Å². The Kier molecular flexibility index (Phi) is 3.08. The third-order valence-electron chi connectivity index (χ3n) is 3.42. The molecule has 1 saturated heterocycles. The Morgan fingerprint density at radius 2 is 2.00 bits per heavy atom. The summed E-state index contributed by atoms with van der Waals surface area (Å²) < 4.78 is 10.6. The smallest absolute Gasteiger partial charge is 0.122 e. The number of aryl methyl sites for hydroxylation is 2. The summed E-state index contributed by atoms with van der Waals surface area (Å²) in [6.45, 7) is 5.20. The normalized spacial score (nSPS) is 17.1. The summed E-state index contributed by atoms with van der Waals surface area (Å²) in [6.07, 6.45) is 0.702. The lowest BCUT2D eigenvalue weighted by molar-refractivity contribution is -0.0767. The van der Waals surface area contributed by atoms with Gasteiger partial charge in [0.1, 0.15) is 11.2 Å². The van der Waals surface area contributed by atoms with E-state index >= 15 is 0 Å². The average Bonchev–Trinajstić information content (AvgIpc) is 2.27. The summed E-state index contributed by atoms with van der Waals surface area (Å²) in [4.78, 5) is 0. The van der Waals surface area contributed by atoms with Crippen molar-refractivity contribution >= 4 is 0 Å². The van der Waals surface area contributed by atoms with Gasteiger partial charge in [0.2, 0.25) is 0 Å². The molecule has 3 heteroatoms. The van der Waals surface area contributed by atoms with E-state index in [9.17, 15) is 5.26 Å². The lowest BCUT2D eigenvalue weighted by Gasteiger charge is -2.35. The average molecular weight is 231 g/mol. The molecule has 1 fully saturated rings. The number of nitrogens with zero attached hydrogens (tertiary/aromatic N) is 1. The second kappa shape index (κ2) is 4.38. The fourth-order valence-electron chi connectivity index (χ4n) is 2.10. The van der Waals surface area contributed by atoms with Crippen molar-refractivity contribution in [3.8, 4) is 11.8 Å². The van der Waals surface area contributed by atoms with Crippen LogP contribution in [0.2, 0.25) is 0 Å². The Balaban J connectivity index is 2.32. The topological polar surface area (TPSA) is 42.2 Å². The summed E-state index contributed by atoms with van der Waals surface area (Å²) in [7, 11) is 1.67. The quantitative estimate of drug-likeness (QED) is 0.802. The highest BCUT2D eigenvalue weighted by atomic mass is 16.5. The maximum atomic E-state index is 9.21. The largest absolute Gasteiger partial charge is 0.496 e. The first-order valence-corrected chi connectivity index (χ1v) is 5.73. The highest BCUT2D eigenvalue weighted by Gasteiger charge is 2.39. The van der Waals surface area contributed by atoms with Crippen LogP contribution < -0.4 is 4.74 Å². The molecule has 90 valence electrons. The highest BCUT2D eigenvalue weighted by molar-refractivity contribution is 5.43. The first-order valence-electron chi connectivity index (χ1n) is 5.73. The highest BCUT2D eigenvalue weighted by Crippen LogP contribution is 2.35. The van der Waals surface area contributed by atoms with Crippen molar-refractivity contribution in [2.24, 2.45) is 5.41 Å². The van der Waals surface area contributed by atoms with Gasteiger partial charge in [0, 0.05) is 0 Å². The molecular formula is C14H17NO2. The van der Waals surface area contributed by atoms with Gasteiger partial charge in [0.15, 0.2) is 0 Å². The van der Waals surface area contributed by atoms with Gasteiger partial charge in [0.05, 0.1) is 26.4 Å². The lowest BCUT2D eigenvalue weighted by Crippen LogP contribution is -2.43. The fourth-order valence-corrected chi connectivity index (χ4v) is 2.10. The van der Waals surface area contributed by atoms with E-state index in [1.165, 1.54) is 11.1 Å². The molecule has 0 bridgehead atoms. The molecule has 1 heterocycles. The van der Waals surface area contributed by atoms with Crippen LogP contribution in [0.4, 0.5) is 0 Å². The number of methoxy groups -OCH3 is 1. The molecule has 0 aliphatic carbocycles. The van der Waals surface area contributed by atoms with Gasteiger partial charge < -0.3 is 9.47 Å². The second-order valence-electron chi connectivity index (χ2n) is 4.81. The van der Waals surface area contributed by atoms with Crippen molar-refractivity contribution in [2.45, 2.75) is 20.3 Å². The molecule has 0 unspecified atom stereocenters. The monoisotopic (exact) mass is 231 g/mol. The molecular weight excluding hydrogens is 214 g/mol. The lowest BCUT2D eigenvalue weighted by atomic mass is 9.80. The third-order valence-corrected chi connectivity index (χ3v) is 3.42. The molecule has 1 aromatic rings. The van der Waals surface area contributed by atoms with E-state index in [0.29, 0.717) is 19.6 Å². The first-order chi connectivity index (χ1) is 8.10. The van der Waals surface area contributed by atoms with Crippen molar-refractivity contribution < 1.29 is 9.47 Å². The molecule has 0 N–H and O–H groups in total. The van der Waals surface area contributed by atoms with Crippen LogP contribution in [-0.4, -0.2) is 20.3 Å². The molecule has 0 spiro atoms. The third kappa shape index (κ3) is 2.13. The molecule has 1 aliphatic heterocycles. The summed E-state index contributed by atoms with van der Waals surface area (Å²) >= 11 is 0. The number of benzene rings is 1. The number of nitriles is 1. The zero-order valence-corrected chi connectivity index (χ0v) is 10.5. The molecule has 1 aliphatic rings. The Labute approximate surface area is 102 Å². The minimum absolute atomic E-state index is 0.352. The van der Waals surface area contributed by atoms with E-state index in [2.05, 4.69) is 26.0 Å². The number of rotatable bonds is 3. The molecule has 0 radical (unpaired) electrons. The van der Waals surface area contributed by atoms with Crippen LogP contribution in [0.5, 0.6) is 5.75 Å². The van der Waals surface area contributed by atoms with Gasteiger partial charge in [-0.1, -0.05) is 6.07 Å². The standard InChI is InChI=1S/C14H17NO2/c1-10-4-12(13(16-3)5-11(10)2)6-14(7-15)8-17-9-14/h4-5H,6,8-9H2,1-3H3. The zero-order chi connectivity index (χ0) is 12.5. The minimum atomic E-state index is -0.352. The summed E-state index contributed by atoms with van der Waals surface area (Å²) in [5.74, 6) is 0.870. The van der Waals surface area contributed by atoms with E-state index < -0.39 is 0 Å². The maximum absolute atomic E-state index is 9.21. The van der Waals surface area contributed by atoms with E-state index in [-0.39, 0.29) is 5.41 Å². The zero-order valence-electron chi connectivity index (χ0n) is 10.5. The summed E-state index contributed by atoms with van der Waals surface area (Å²) in [5, 5.41) is 9.21. The SMILES string of the molecule is COc1cc(C)c(C)cc1CC1(C#N)COC1. The van der Waals surface area contributed by atoms with Crippen molar-refractivity contribution in [3.63, 3.8) is 0 Å². The van der Waals surface area contributed by atoms with Crippen molar-refractivity contribution in [1.29, 1.82) is 5.26 Å².